The van der Waals surface area contributed by atoms with Gasteiger partial charge in [0, 0.05) is 5.56 Å². The van der Waals surface area contributed by atoms with Crippen molar-refractivity contribution < 1.29 is 18.4 Å². The Labute approximate surface area is 152 Å². The second-order valence-corrected chi connectivity index (χ2v) is 5.25. The highest BCUT2D eigenvalue weighted by Gasteiger charge is 2.09. The molecule has 0 fully saturated rings. The zero-order chi connectivity index (χ0) is 16.8. The maximum atomic E-state index is 11.7. The standard InChI is InChI=1S/C19H19NO4.ClH/c1-2-22-19(21)15-7-5-14(6-8-15)18-10-9-17(24-18)13-20-12-16-4-3-11-23-16;/h3-11,20H,2,12-13H2,1H3;1H. The topological polar surface area (TPSA) is 64.6 Å². The Balaban J connectivity index is 0.00000225. The van der Waals surface area contributed by atoms with E-state index in [0.29, 0.717) is 25.3 Å². The molecule has 2 aromatic heterocycles. The summed E-state index contributed by atoms with van der Waals surface area (Å²) < 4.78 is 16.1. The molecule has 0 aliphatic heterocycles. The molecule has 6 heteroatoms. The first kappa shape index (κ1) is 18.8. The summed E-state index contributed by atoms with van der Waals surface area (Å²) in [5, 5.41) is 3.26. The highest BCUT2D eigenvalue weighted by molar-refractivity contribution is 5.89. The van der Waals surface area contributed by atoms with Crippen molar-refractivity contribution in [1.82, 2.24) is 5.32 Å². The van der Waals surface area contributed by atoms with Crippen molar-refractivity contribution in [3.05, 3.63) is 71.9 Å². The van der Waals surface area contributed by atoms with Gasteiger partial charge in [0.05, 0.1) is 31.5 Å². The quantitative estimate of drug-likeness (QED) is 0.631. The Morgan fingerprint density at radius 3 is 2.48 bits per heavy atom. The minimum Gasteiger partial charge on any atom is -0.468 e. The van der Waals surface area contributed by atoms with Crippen LogP contribution < -0.4 is 5.32 Å². The zero-order valence-corrected chi connectivity index (χ0v) is 14.7. The van der Waals surface area contributed by atoms with E-state index in [9.17, 15) is 4.79 Å². The van der Waals surface area contributed by atoms with E-state index in [-0.39, 0.29) is 18.4 Å². The van der Waals surface area contributed by atoms with Crippen molar-refractivity contribution >= 4 is 18.4 Å². The van der Waals surface area contributed by atoms with Crippen molar-refractivity contribution in [3.63, 3.8) is 0 Å². The van der Waals surface area contributed by atoms with Crippen LogP contribution in [0.4, 0.5) is 0 Å². The average molecular weight is 362 g/mol. The molecule has 0 atom stereocenters. The molecule has 5 nitrogen and oxygen atoms in total. The number of furan rings is 2. The van der Waals surface area contributed by atoms with Gasteiger partial charge in [0.2, 0.25) is 0 Å². The van der Waals surface area contributed by atoms with Crippen LogP contribution in [-0.2, 0) is 17.8 Å². The number of hydrogen-bond donors (Lipinski definition) is 1. The summed E-state index contributed by atoms with van der Waals surface area (Å²) in [6.45, 7) is 3.42. The predicted molar refractivity (Wildman–Crippen MR) is 96.6 cm³/mol. The molecular weight excluding hydrogens is 342 g/mol. The molecule has 0 bridgehead atoms. The lowest BCUT2D eigenvalue weighted by molar-refractivity contribution is 0.0526. The Morgan fingerprint density at radius 1 is 1.04 bits per heavy atom. The van der Waals surface area contributed by atoms with Crippen LogP contribution in [0.1, 0.15) is 28.8 Å². The molecule has 0 spiro atoms. The van der Waals surface area contributed by atoms with Crippen LogP contribution in [-0.4, -0.2) is 12.6 Å². The molecule has 1 N–H and O–H groups in total. The monoisotopic (exact) mass is 361 g/mol. The molecule has 0 amide bonds. The summed E-state index contributed by atoms with van der Waals surface area (Å²) in [6.07, 6.45) is 1.65. The molecule has 2 heterocycles. The Hall–Kier alpha value is -2.50. The molecule has 0 unspecified atom stereocenters. The van der Waals surface area contributed by atoms with Gasteiger partial charge < -0.3 is 18.9 Å². The van der Waals surface area contributed by atoms with Gasteiger partial charge in [0.15, 0.2) is 0 Å². The van der Waals surface area contributed by atoms with E-state index in [4.69, 9.17) is 13.6 Å². The van der Waals surface area contributed by atoms with E-state index < -0.39 is 0 Å². The first-order chi connectivity index (χ1) is 11.8. The number of nitrogens with one attached hydrogen (secondary N) is 1. The molecule has 3 aromatic rings. The maximum absolute atomic E-state index is 11.7. The van der Waals surface area contributed by atoms with Gasteiger partial charge in [-0.3, -0.25) is 0 Å². The van der Waals surface area contributed by atoms with E-state index in [2.05, 4.69) is 5.32 Å². The van der Waals surface area contributed by atoms with Crippen molar-refractivity contribution in [1.29, 1.82) is 0 Å². The lowest BCUT2D eigenvalue weighted by Gasteiger charge is -2.03. The lowest BCUT2D eigenvalue weighted by atomic mass is 10.1. The molecule has 0 saturated heterocycles. The van der Waals surface area contributed by atoms with E-state index >= 15 is 0 Å². The predicted octanol–water partition coefficient (Wildman–Crippen LogP) is 4.43. The maximum Gasteiger partial charge on any atom is 0.338 e. The minimum atomic E-state index is -0.314. The smallest absolute Gasteiger partial charge is 0.338 e. The average Bonchev–Trinajstić information content (AvgIpc) is 3.27. The first-order valence-electron chi connectivity index (χ1n) is 7.85. The van der Waals surface area contributed by atoms with Gasteiger partial charge in [-0.25, -0.2) is 4.79 Å². The van der Waals surface area contributed by atoms with Crippen molar-refractivity contribution in [2.75, 3.05) is 6.61 Å². The number of carbonyl (C=O) groups is 1. The summed E-state index contributed by atoms with van der Waals surface area (Å²) in [5.74, 6) is 2.17. The summed E-state index contributed by atoms with van der Waals surface area (Å²) in [7, 11) is 0. The van der Waals surface area contributed by atoms with Gasteiger partial charge in [-0.1, -0.05) is 12.1 Å². The number of ether oxygens (including phenoxy) is 1. The number of carbonyl (C=O) groups excluding carboxylic acids is 1. The van der Waals surface area contributed by atoms with Gasteiger partial charge in [-0.05, 0) is 43.3 Å². The van der Waals surface area contributed by atoms with Crippen LogP contribution in [0.25, 0.3) is 11.3 Å². The molecular formula is C19H20ClNO4. The largest absolute Gasteiger partial charge is 0.468 e. The highest BCUT2D eigenvalue weighted by Crippen LogP contribution is 2.23. The SMILES string of the molecule is CCOC(=O)c1ccc(-c2ccc(CNCc3ccco3)o2)cc1.Cl. The highest BCUT2D eigenvalue weighted by atomic mass is 35.5. The third kappa shape index (κ3) is 4.98. The molecule has 0 saturated carbocycles. The zero-order valence-electron chi connectivity index (χ0n) is 13.9. The van der Waals surface area contributed by atoms with Crippen LogP contribution in [0.2, 0.25) is 0 Å². The second-order valence-electron chi connectivity index (χ2n) is 5.25. The van der Waals surface area contributed by atoms with Gasteiger partial charge in [0.25, 0.3) is 0 Å². The number of halogens is 1. The molecule has 3 rings (SSSR count). The Bertz CT molecular complexity index is 778. The summed E-state index contributed by atoms with van der Waals surface area (Å²) in [5.41, 5.74) is 1.45. The molecule has 1 aromatic carbocycles. The van der Waals surface area contributed by atoms with Crippen LogP contribution in [0.3, 0.4) is 0 Å². The molecule has 25 heavy (non-hydrogen) atoms. The van der Waals surface area contributed by atoms with Gasteiger partial charge >= 0.3 is 5.97 Å². The Kier molecular flexibility index (Phi) is 6.86. The number of rotatable bonds is 7. The molecule has 0 aliphatic carbocycles. The van der Waals surface area contributed by atoms with E-state index in [1.165, 1.54) is 0 Å². The summed E-state index contributed by atoms with van der Waals surface area (Å²) in [6, 6.07) is 14.8. The van der Waals surface area contributed by atoms with Gasteiger partial charge in [0.1, 0.15) is 17.3 Å². The van der Waals surface area contributed by atoms with Crippen LogP contribution in [0.15, 0.2) is 63.6 Å². The van der Waals surface area contributed by atoms with Gasteiger partial charge in [-0.2, -0.15) is 0 Å². The fourth-order valence-electron chi connectivity index (χ4n) is 2.34. The fourth-order valence-corrected chi connectivity index (χ4v) is 2.34. The van der Waals surface area contributed by atoms with E-state index in [1.54, 1.807) is 25.3 Å². The van der Waals surface area contributed by atoms with Crippen molar-refractivity contribution in [2.24, 2.45) is 0 Å². The van der Waals surface area contributed by atoms with Crippen LogP contribution in [0, 0.1) is 0 Å². The van der Waals surface area contributed by atoms with Crippen molar-refractivity contribution in [2.45, 2.75) is 20.0 Å². The van der Waals surface area contributed by atoms with Crippen molar-refractivity contribution in [3.8, 4) is 11.3 Å². The van der Waals surface area contributed by atoms with E-state index in [0.717, 1.165) is 22.8 Å². The molecule has 132 valence electrons. The third-order valence-electron chi connectivity index (χ3n) is 3.52. The first-order valence-corrected chi connectivity index (χ1v) is 7.85. The van der Waals surface area contributed by atoms with Crippen LogP contribution in [0.5, 0.6) is 0 Å². The van der Waals surface area contributed by atoms with E-state index in [1.807, 2.05) is 36.4 Å². The molecule has 0 aliphatic rings. The summed E-state index contributed by atoms with van der Waals surface area (Å²) in [4.78, 5) is 11.7. The fraction of sp³-hybridized carbons (Fsp3) is 0.211. The molecule has 0 radical (unpaired) electrons. The number of esters is 1. The minimum absolute atomic E-state index is 0. The summed E-state index contributed by atoms with van der Waals surface area (Å²) >= 11 is 0. The number of benzene rings is 1. The second kappa shape index (κ2) is 9.11. The van der Waals surface area contributed by atoms with Gasteiger partial charge in [-0.15, -0.1) is 12.4 Å². The normalized spacial score (nSPS) is 10.3. The van der Waals surface area contributed by atoms with Crippen LogP contribution >= 0.6 is 12.4 Å². The Morgan fingerprint density at radius 2 is 1.80 bits per heavy atom. The third-order valence-corrected chi connectivity index (χ3v) is 3.52. The number of hydrogen-bond acceptors (Lipinski definition) is 5. The lowest BCUT2D eigenvalue weighted by Crippen LogP contribution is -2.11.